The Kier molecular flexibility index (Phi) is 3.07. The van der Waals surface area contributed by atoms with Crippen LogP contribution in [0, 0.1) is 0 Å². The quantitative estimate of drug-likeness (QED) is 0.859. The van der Waals surface area contributed by atoms with Crippen LogP contribution in [-0.4, -0.2) is 37.3 Å². The van der Waals surface area contributed by atoms with Crippen LogP contribution in [0.4, 0.5) is 19.0 Å². The van der Waals surface area contributed by atoms with Crippen LogP contribution in [0.2, 0.25) is 0 Å². The van der Waals surface area contributed by atoms with Crippen LogP contribution in [0.3, 0.4) is 0 Å². The highest BCUT2D eigenvalue weighted by atomic mass is 19.4. The van der Waals surface area contributed by atoms with Crippen molar-refractivity contribution >= 4 is 11.6 Å². The molecule has 1 atom stereocenters. The van der Waals surface area contributed by atoms with Crippen LogP contribution in [0.1, 0.15) is 12.6 Å². The molecule has 0 aliphatic heterocycles. The molecular formula is C9H10F3N5O. The first-order valence-corrected chi connectivity index (χ1v) is 5.08. The molecule has 0 spiro atoms. The van der Waals surface area contributed by atoms with Gasteiger partial charge in [-0.1, -0.05) is 0 Å². The Morgan fingerprint density at radius 2 is 2.22 bits per heavy atom. The van der Waals surface area contributed by atoms with Crippen LogP contribution >= 0.6 is 0 Å². The van der Waals surface area contributed by atoms with Crippen LogP contribution in [0.15, 0.2) is 12.4 Å². The number of halogens is 3. The van der Waals surface area contributed by atoms with Gasteiger partial charge in [-0.25, -0.2) is 4.98 Å². The Morgan fingerprint density at radius 3 is 2.83 bits per heavy atom. The zero-order chi connectivity index (χ0) is 13.3. The van der Waals surface area contributed by atoms with Gasteiger partial charge in [0, 0.05) is 12.6 Å². The average Bonchev–Trinajstić information content (AvgIpc) is 2.72. The smallest absolute Gasteiger partial charge is 0.392 e. The van der Waals surface area contributed by atoms with Crippen molar-refractivity contribution in [2.24, 2.45) is 0 Å². The van der Waals surface area contributed by atoms with Gasteiger partial charge in [-0.3, -0.25) is 0 Å². The van der Waals surface area contributed by atoms with Gasteiger partial charge in [0.05, 0.1) is 6.10 Å². The van der Waals surface area contributed by atoms with Crippen molar-refractivity contribution in [3.05, 3.63) is 18.1 Å². The van der Waals surface area contributed by atoms with Crippen LogP contribution in [0.25, 0.3) is 5.78 Å². The number of aliphatic hydroxyl groups excluding tert-OH is 1. The molecule has 2 aromatic heterocycles. The Labute approximate surface area is 99.5 Å². The zero-order valence-corrected chi connectivity index (χ0v) is 9.31. The lowest BCUT2D eigenvalue weighted by molar-refractivity contribution is -0.141. The van der Waals surface area contributed by atoms with E-state index in [1.807, 2.05) is 0 Å². The van der Waals surface area contributed by atoms with E-state index in [1.54, 1.807) is 0 Å². The maximum atomic E-state index is 12.6. The minimum Gasteiger partial charge on any atom is -0.392 e. The summed E-state index contributed by atoms with van der Waals surface area (Å²) in [6.45, 7) is 1.60. The second kappa shape index (κ2) is 4.41. The van der Waals surface area contributed by atoms with E-state index in [9.17, 15) is 13.2 Å². The number of alkyl halides is 3. The number of rotatable bonds is 3. The van der Waals surface area contributed by atoms with E-state index in [1.165, 1.54) is 6.92 Å². The number of fused-ring (bicyclic) bond motifs is 1. The van der Waals surface area contributed by atoms with Gasteiger partial charge in [0.25, 0.3) is 5.78 Å². The summed E-state index contributed by atoms with van der Waals surface area (Å²) in [5, 5.41) is 15.5. The monoisotopic (exact) mass is 261 g/mol. The normalized spacial score (nSPS) is 13.8. The van der Waals surface area contributed by atoms with Gasteiger partial charge in [-0.05, 0) is 6.92 Å². The number of nitrogens with one attached hydrogen (secondary N) is 1. The molecule has 0 bridgehead atoms. The second-order valence-electron chi connectivity index (χ2n) is 3.73. The molecule has 0 aliphatic rings. The number of aliphatic hydroxyl groups is 1. The summed E-state index contributed by atoms with van der Waals surface area (Å²) in [6, 6.07) is 0.823. The number of aromatic nitrogens is 4. The highest BCUT2D eigenvalue weighted by molar-refractivity contribution is 5.45. The van der Waals surface area contributed by atoms with Crippen molar-refractivity contribution in [3.63, 3.8) is 0 Å². The number of nitrogens with zero attached hydrogens (tertiary/aromatic N) is 4. The van der Waals surface area contributed by atoms with Crippen molar-refractivity contribution in [1.29, 1.82) is 0 Å². The highest BCUT2D eigenvalue weighted by Gasteiger charge is 2.34. The molecule has 9 heteroatoms. The lowest BCUT2D eigenvalue weighted by Crippen LogP contribution is -2.19. The molecule has 0 saturated carbocycles. The molecule has 0 radical (unpaired) electrons. The first-order valence-electron chi connectivity index (χ1n) is 5.08. The topological polar surface area (TPSA) is 75.3 Å². The summed E-state index contributed by atoms with van der Waals surface area (Å²) in [6.07, 6.45) is -4.16. The molecule has 98 valence electrons. The third-order valence-corrected chi connectivity index (χ3v) is 2.12. The lowest BCUT2D eigenvalue weighted by Gasteiger charge is -2.12. The predicted molar refractivity (Wildman–Crippen MR) is 56.0 cm³/mol. The summed E-state index contributed by atoms with van der Waals surface area (Å²) in [5.74, 6) is -0.0800. The van der Waals surface area contributed by atoms with Gasteiger partial charge >= 0.3 is 6.18 Å². The van der Waals surface area contributed by atoms with Gasteiger partial charge in [0.2, 0.25) is 0 Å². The Bertz CT molecular complexity index is 551. The van der Waals surface area contributed by atoms with Crippen LogP contribution in [-0.2, 0) is 6.18 Å². The van der Waals surface area contributed by atoms with E-state index in [2.05, 4.69) is 20.4 Å². The summed E-state index contributed by atoms with van der Waals surface area (Å²) in [5.41, 5.74) is -1.06. The fourth-order valence-corrected chi connectivity index (χ4v) is 1.34. The average molecular weight is 261 g/mol. The molecule has 1 unspecified atom stereocenters. The molecule has 2 heterocycles. The van der Waals surface area contributed by atoms with E-state index < -0.39 is 18.0 Å². The first kappa shape index (κ1) is 12.6. The lowest BCUT2D eigenvalue weighted by atomic mass is 10.3. The summed E-state index contributed by atoms with van der Waals surface area (Å²) >= 11 is 0. The van der Waals surface area contributed by atoms with E-state index in [0.29, 0.717) is 0 Å². The highest BCUT2D eigenvalue weighted by Crippen LogP contribution is 2.29. The van der Waals surface area contributed by atoms with Crippen molar-refractivity contribution in [3.8, 4) is 0 Å². The number of hydrogen-bond donors (Lipinski definition) is 2. The molecule has 0 fully saturated rings. The standard InChI is InChI=1S/C9H10F3N5O/c1-5(18)3-13-7-2-6(9(10,11)12)16-8-14-4-15-17(7)8/h2,4-5,13,18H,3H2,1H3. The molecule has 2 aromatic rings. The van der Waals surface area contributed by atoms with Crippen molar-refractivity contribution in [1.82, 2.24) is 19.6 Å². The maximum Gasteiger partial charge on any atom is 0.433 e. The Balaban J connectivity index is 2.45. The van der Waals surface area contributed by atoms with Gasteiger partial charge in [-0.2, -0.15) is 27.8 Å². The number of anilines is 1. The number of hydrogen-bond acceptors (Lipinski definition) is 5. The minimum atomic E-state index is -4.56. The predicted octanol–water partition coefficient (Wildman–Crippen LogP) is 0.936. The van der Waals surface area contributed by atoms with Gasteiger partial charge in [-0.15, -0.1) is 0 Å². The third kappa shape index (κ3) is 2.50. The maximum absolute atomic E-state index is 12.6. The van der Waals surface area contributed by atoms with Crippen LogP contribution < -0.4 is 5.32 Å². The minimum absolute atomic E-state index is 0.0747. The SMILES string of the molecule is CC(O)CNc1cc(C(F)(F)F)nc2ncnn12. The Morgan fingerprint density at radius 1 is 1.50 bits per heavy atom. The summed E-state index contributed by atoms with van der Waals surface area (Å²) in [4.78, 5) is 6.97. The Hall–Kier alpha value is -1.90. The largest absolute Gasteiger partial charge is 0.433 e. The van der Waals surface area contributed by atoms with Gasteiger partial charge in [0.15, 0.2) is 5.69 Å². The summed E-state index contributed by atoms with van der Waals surface area (Å²) < 4.78 is 38.9. The van der Waals surface area contributed by atoms with E-state index in [4.69, 9.17) is 5.11 Å². The first-order chi connectivity index (χ1) is 8.38. The van der Waals surface area contributed by atoms with Crippen molar-refractivity contribution in [2.45, 2.75) is 19.2 Å². The zero-order valence-electron chi connectivity index (χ0n) is 9.31. The summed E-state index contributed by atoms with van der Waals surface area (Å²) in [7, 11) is 0. The fourth-order valence-electron chi connectivity index (χ4n) is 1.34. The molecule has 6 nitrogen and oxygen atoms in total. The molecule has 0 saturated heterocycles. The van der Waals surface area contributed by atoms with Gasteiger partial charge in [0.1, 0.15) is 12.1 Å². The molecular weight excluding hydrogens is 251 g/mol. The molecule has 0 aromatic carbocycles. The van der Waals surface area contributed by atoms with E-state index >= 15 is 0 Å². The van der Waals surface area contributed by atoms with Crippen molar-refractivity contribution in [2.75, 3.05) is 11.9 Å². The fraction of sp³-hybridized carbons (Fsp3) is 0.444. The second-order valence-corrected chi connectivity index (χ2v) is 3.73. The molecule has 2 N–H and O–H groups in total. The third-order valence-electron chi connectivity index (χ3n) is 2.12. The molecule has 0 amide bonds. The molecule has 18 heavy (non-hydrogen) atoms. The molecule has 0 aliphatic carbocycles. The van der Waals surface area contributed by atoms with E-state index in [-0.39, 0.29) is 18.1 Å². The van der Waals surface area contributed by atoms with Crippen LogP contribution in [0.5, 0.6) is 0 Å². The van der Waals surface area contributed by atoms with Crippen molar-refractivity contribution < 1.29 is 18.3 Å². The van der Waals surface area contributed by atoms with E-state index in [0.717, 1.165) is 16.9 Å². The molecule has 2 rings (SSSR count). The van der Waals surface area contributed by atoms with Gasteiger partial charge < -0.3 is 10.4 Å².